The Balaban J connectivity index is 2.80. The fourth-order valence-electron chi connectivity index (χ4n) is 0.551. The van der Waals surface area contributed by atoms with Gasteiger partial charge in [0, 0.05) is 16.4 Å². The van der Waals surface area contributed by atoms with Gasteiger partial charge in [0.25, 0.3) is 0 Å². The van der Waals surface area contributed by atoms with Crippen molar-refractivity contribution in [1.29, 1.82) is 0 Å². The third kappa shape index (κ3) is 2.00. The molecule has 0 radical (unpaired) electrons. The largest absolute Gasteiger partial charge is 0.464 e. The van der Waals surface area contributed by atoms with Crippen molar-refractivity contribution in [3.63, 3.8) is 0 Å². The maximum Gasteiger partial charge on any atom is 0.367 e. The lowest BCUT2D eigenvalue weighted by molar-refractivity contribution is 0.0600. The summed E-state index contributed by atoms with van der Waals surface area (Å²) < 4.78 is 4.49. The van der Waals surface area contributed by atoms with Crippen LogP contribution in [0.1, 0.15) is 14.7 Å². The summed E-state index contributed by atoms with van der Waals surface area (Å²) in [4.78, 5) is 15.7. The molecule has 60 valence electrons. The molecular weight excluding hydrogens is 230 g/mol. The first-order valence-electron chi connectivity index (χ1n) is 2.87. The van der Waals surface area contributed by atoms with Gasteiger partial charge >= 0.3 is 5.97 Å². The molecule has 0 aliphatic heterocycles. The van der Waals surface area contributed by atoms with E-state index in [1.54, 1.807) is 6.20 Å². The maximum absolute atomic E-state index is 10.9. The molecule has 1 aromatic rings. The van der Waals surface area contributed by atoms with E-state index in [0.29, 0.717) is 5.01 Å². The zero-order valence-corrected chi connectivity index (χ0v) is 8.24. The number of nitrogens with zero attached hydrogens (tertiary/aromatic N) is 1. The van der Waals surface area contributed by atoms with Crippen LogP contribution in [0.15, 0.2) is 6.20 Å². The molecule has 0 unspecified atom stereocenters. The zero-order valence-electron chi connectivity index (χ0n) is 5.83. The summed E-state index contributed by atoms with van der Waals surface area (Å²) in [6.07, 6.45) is 1.66. The molecule has 0 aliphatic rings. The standard InChI is InChI=1S/C6H6BrNO2S/c1-10-6(9)5-8-3-4(2-7)11-5/h3H,2H2,1H3. The quantitative estimate of drug-likeness (QED) is 0.580. The average Bonchev–Trinajstić information content (AvgIpc) is 2.50. The number of aromatic nitrogens is 1. The van der Waals surface area contributed by atoms with E-state index in [0.717, 1.165) is 10.2 Å². The monoisotopic (exact) mass is 235 g/mol. The third-order valence-corrected chi connectivity index (χ3v) is 3.00. The number of hydrogen-bond acceptors (Lipinski definition) is 4. The number of thiazole rings is 1. The Kier molecular flexibility index (Phi) is 3.02. The predicted molar refractivity (Wildman–Crippen MR) is 46.1 cm³/mol. The molecule has 0 N–H and O–H groups in total. The summed E-state index contributed by atoms with van der Waals surface area (Å²) in [7, 11) is 1.34. The molecule has 3 nitrogen and oxygen atoms in total. The number of methoxy groups -OCH3 is 1. The van der Waals surface area contributed by atoms with Crippen LogP contribution in [0.5, 0.6) is 0 Å². The molecule has 1 aromatic heterocycles. The second kappa shape index (κ2) is 3.82. The van der Waals surface area contributed by atoms with Crippen molar-refractivity contribution < 1.29 is 9.53 Å². The van der Waals surface area contributed by atoms with Crippen molar-refractivity contribution in [2.45, 2.75) is 5.33 Å². The number of hydrogen-bond donors (Lipinski definition) is 0. The summed E-state index contributed by atoms with van der Waals surface area (Å²) in [5, 5.41) is 1.13. The third-order valence-electron chi connectivity index (χ3n) is 1.05. The van der Waals surface area contributed by atoms with Gasteiger partial charge in [-0.15, -0.1) is 11.3 Å². The first-order chi connectivity index (χ1) is 5.27. The summed E-state index contributed by atoms with van der Waals surface area (Å²) in [5.74, 6) is -0.373. The van der Waals surface area contributed by atoms with Crippen LogP contribution in [0.3, 0.4) is 0 Å². The fraction of sp³-hybridized carbons (Fsp3) is 0.333. The van der Waals surface area contributed by atoms with E-state index in [4.69, 9.17) is 0 Å². The van der Waals surface area contributed by atoms with Crippen molar-refractivity contribution in [3.8, 4) is 0 Å². The first-order valence-corrected chi connectivity index (χ1v) is 4.80. The van der Waals surface area contributed by atoms with Gasteiger partial charge in [0.15, 0.2) is 0 Å². The smallest absolute Gasteiger partial charge is 0.367 e. The van der Waals surface area contributed by atoms with Crippen LogP contribution in [-0.2, 0) is 10.1 Å². The van der Waals surface area contributed by atoms with Gasteiger partial charge in [-0.2, -0.15) is 0 Å². The van der Waals surface area contributed by atoms with Gasteiger partial charge in [-0.1, -0.05) is 15.9 Å². The molecule has 0 saturated heterocycles. The number of rotatable bonds is 2. The highest BCUT2D eigenvalue weighted by atomic mass is 79.9. The number of alkyl halides is 1. The molecule has 5 heteroatoms. The van der Waals surface area contributed by atoms with Gasteiger partial charge in [-0.05, 0) is 0 Å². The van der Waals surface area contributed by atoms with Crippen molar-refractivity contribution in [1.82, 2.24) is 4.98 Å². The maximum atomic E-state index is 10.9. The molecule has 1 heterocycles. The molecule has 0 aromatic carbocycles. The van der Waals surface area contributed by atoms with Crippen molar-refractivity contribution in [3.05, 3.63) is 16.1 Å². The van der Waals surface area contributed by atoms with E-state index in [2.05, 4.69) is 25.7 Å². The van der Waals surface area contributed by atoms with Gasteiger partial charge in [-0.25, -0.2) is 9.78 Å². The van der Waals surface area contributed by atoms with Gasteiger partial charge < -0.3 is 4.74 Å². The van der Waals surface area contributed by atoms with E-state index >= 15 is 0 Å². The lowest BCUT2D eigenvalue weighted by Gasteiger charge is -1.89. The highest BCUT2D eigenvalue weighted by molar-refractivity contribution is 9.08. The van der Waals surface area contributed by atoms with Crippen LogP contribution in [0.2, 0.25) is 0 Å². The summed E-state index contributed by atoms with van der Waals surface area (Å²) in [6.45, 7) is 0. The molecule has 1 rings (SSSR count). The van der Waals surface area contributed by atoms with E-state index in [1.165, 1.54) is 18.4 Å². The Bertz CT molecular complexity index is 261. The fourth-order valence-corrected chi connectivity index (χ4v) is 1.72. The highest BCUT2D eigenvalue weighted by Crippen LogP contribution is 2.15. The zero-order chi connectivity index (χ0) is 8.27. The minimum absolute atomic E-state index is 0.373. The van der Waals surface area contributed by atoms with E-state index in [9.17, 15) is 4.79 Å². The van der Waals surface area contributed by atoms with Gasteiger partial charge in [0.2, 0.25) is 5.01 Å². The minimum Gasteiger partial charge on any atom is -0.464 e. The molecule has 11 heavy (non-hydrogen) atoms. The van der Waals surface area contributed by atoms with E-state index in [1.807, 2.05) is 0 Å². The number of halogens is 1. The molecule has 0 saturated carbocycles. The van der Waals surface area contributed by atoms with Crippen LogP contribution in [-0.4, -0.2) is 18.1 Å². The second-order valence-corrected chi connectivity index (χ2v) is 3.43. The Morgan fingerprint density at radius 2 is 2.64 bits per heavy atom. The first kappa shape index (κ1) is 8.67. The topological polar surface area (TPSA) is 39.2 Å². The van der Waals surface area contributed by atoms with Gasteiger partial charge in [0.1, 0.15) is 0 Å². The van der Waals surface area contributed by atoms with Crippen molar-refractivity contribution >= 4 is 33.2 Å². The summed E-state index contributed by atoms with van der Waals surface area (Å²) in [5.41, 5.74) is 0. The molecule has 0 aliphatic carbocycles. The molecular formula is C6H6BrNO2S. The van der Waals surface area contributed by atoms with Crippen LogP contribution < -0.4 is 0 Å². The van der Waals surface area contributed by atoms with Gasteiger partial charge in [-0.3, -0.25) is 0 Å². The second-order valence-electron chi connectivity index (χ2n) is 1.76. The summed E-state index contributed by atoms with van der Waals surface area (Å²) >= 11 is 4.59. The van der Waals surface area contributed by atoms with E-state index in [-0.39, 0.29) is 5.97 Å². The van der Waals surface area contributed by atoms with Gasteiger partial charge in [0.05, 0.1) is 7.11 Å². The van der Waals surface area contributed by atoms with Crippen LogP contribution >= 0.6 is 27.3 Å². The SMILES string of the molecule is COC(=O)c1ncc(CBr)s1. The highest BCUT2D eigenvalue weighted by Gasteiger charge is 2.09. The summed E-state index contributed by atoms with van der Waals surface area (Å²) in [6, 6.07) is 0. The van der Waals surface area contributed by atoms with Crippen molar-refractivity contribution in [2.24, 2.45) is 0 Å². The number of carbonyl (C=O) groups excluding carboxylic acids is 1. The van der Waals surface area contributed by atoms with Crippen molar-refractivity contribution in [2.75, 3.05) is 7.11 Å². The number of esters is 1. The average molecular weight is 236 g/mol. The number of ether oxygens (including phenoxy) is 1. The number of carbonyl (C=O) groups is 1. The lowest BCUT2D eigenvalue weighted by atomic mass is 10.6. The van der Waals surface area contributed by atoms with Crippen LogP contribution in [0.4, 0.5) is 0 Å². The van der Waals surface area contributed by atoms with E-state index < -0.39 is 0 Å². The Hall–Kier alpha value is -0.420. The molecule has 0 spiro atoms. The Morgan fingerprint density at radius 1 is 1.91 bits per heavy atom. The minimum atomic E-state index is -0.373. The molecule has 0 atom stereocenters. The van der Waals surface area contributed by atoms with Crippen LogP contribution in [0.25, 0.3) is 0 Å². The molecule has 0 fully saturated rings. The molecule has 0 bridgehead atoms. The normalized spacial score (nSPS) is 9.64. The Labute approximate surface area is 76.5 Å². The Morgan fingerprint density at radius 3 is 3.09 bits per heavy atom. The lowest BCUT2D eigenvalue weighted by Crippen LogP contribution is -1.98. The van der Waals surface area contributed by atoms with Crippen LogP contribution in [0, 0.1) is 0 Å². The predicted octanol–water partition coefficient (Wildman–Crippen LogP) is 1.82. The molecule has 0 amide bonds.